The molecule has 0 aromatic heterocycles. The lowest BCUT2D eigenvalue weighted by Crippen LogP contribution is -2.09. The van der Waals surface area contributed by atoms with E-state index >= 15 is 0 Å². The SMILES string of the molecule is O=C(O)COc1ccc(C(O)S(=O)O)cc1. The minimum Gasteiger partial charge on any atom is -0.482 e. The maximum absolute atomic E-state index is 10.6. The van der Waals surface area contributed by atoms with Gasteiger partial charge in [-0.1, -0.05) is 12.1 Å². The summed E-state index contributed by atoms with van der Waals surface area (Å²) in [7, 11) is 0. The monoisotopic (exact) mass is 246 g/mol. The fourth-order valence-electron chi connectivity index (χ4n) is 0.990. The van der Waals surface area contributed by atoms with Crippen LogP contribution in [0.2, 0.25) is 0 Å². The Morgan fingerprint density at radius 2 is 1.94 bits per heavy atom. The molecule has 6 nitrogen and oxygen atoms in total. The van der Waals surface area contributed by atoms with Crippen molar-refractivity contribution in [2.75, 3.05) is 6.61 Å². The van der Waals surface area contributed by atoms with Gasteiger partial charge in [0.25, 0.3) is 0 Å². The van der Waals surface area contributed by atoms with Gasteiger partial charge in [-0.25, -0.2) is 9.00 Å². The molecule has 7 heteroatoms. The molecule has 1 aromatic carbocycles. The Bertz CT molecular complexity index is 387. The summed E-state index contributed by atoms with van der Waals surface area (Å²) in [5.74, 6) is -0.789. The predicted octanol–water partition coefficient (Wildman–Crippen LogP) is 0.363. The maximum atomic E-state index is 10.6. The van der Waals surface area contributed by atoms with Crippen LogP contribution < -0.4 is 4.74 Å². The molecule has 88 valence electrons. The molecule has 0 radical (unpaired) electrons. The summed E-state index contributed by atoms with van der Waals surface area (Å²) in [5.41, 5.74) is -1.22. The van der Waals surface area contributed by atoms with Gasteiger partial charge < -0.3 is 19.5 Å². The van der Waals surface area contributed by atoms with Crippen molar-refractivity contribution < 1.29 is 28.5 Å². The van der Waals surface area contributed by atoms with Gasteiger partial charge in [0, 0.05) is 0 Å². The Labute approximate surface area is 93.8 Å². The number of hydrogen-bond acceptors (Lipinski definition) is 4. The van der Waals surface area contributed by atoms with E-state index in [9.17, 15) is 14.1 Å². The summed E-state index contributed by atoms with van der Waals surface area (Å²) in [5, 5.41) is 17.6. The minimum absolute atomic E-state index is 0.253. The van der Waals surface area contributed by atoms with Gasteiger partial charge in [-0.3, -0.25) is 0 Å². The first kappa shape index (κ1) is 12.6. The lowest BCUT2D eigenvalue weighted by molar-refractivity contribution is -0.139. The molecule has 1 rings (SSSR count). The second kappa shape index (κ2) is 5.59. The van der Waals surface area contributed by atoms with Gasteiger partial charge in [0.2, 0.25) is 0 Å². The Hall–Kier alpha value is -1.44. The number of benzene rings is 1. The van der Waals surface area contributed by atoms with Crippen LogP contribution in [0.25, 0.3) is 0 Å². The van der Waals surface area contributed by atoms with E-state index in [2.05, 4.69) is 0 Å². The van der Waals surface area contributed by atoms with Crippen molar-refractivity contribution >= 4 is 17.0 Å². The molecule has 0 aliphatic rings. The summed E-state index contributed by atoms with van der Waals surface area (Å²) in [6.45, 7) is -0.464. The third-order valence-corrected chi connectivity index (χ3v) is 2.37. The van der Waals surface area contributed by atoms with Crippen LogP contribution in [-0.2, 0) is 15.9 Å². The molecule has 0 aliphatic carbocycles. The van der Waals surface area contributed by atoms with Crippen molar-refractivity contribution in [2.45, 2.75) is 5.44 Å². The van der Waals surface area contributed by atoms with E-state index in [0.29, 0.717) is 5.75 Å². The molecule has 0 saturated heterocycles. The molecule has 2 unspecified atom stereocenters. The zero-order valence-electron chi connectivity index (χ0n) is 8.07. The van der Waals surface area contributed by atoms with Crippen LogP contribution in [-0.4, -0.2) is 31.6 Å². The van der Waals surface area contributed by atoms with Gasteiger partial charge >= 0.3 is 5.97 Å². The standard InChI is InChI=1S/C9H10O6S/c10-8(11)5-15-7-3-1-6(2-4-7)9(12)16(13)14/h1-4,9,12H,5H2,(H,10,11)(H,13,14). The summed E-state index contributed by atoms with van der Waals surface area (Å²) >= 11 is -2.36. The molecule has 16 heavy (non-hydrogen) atoms. The van der Waals surface area contributed by atoms with E-state index in [-0.39, 0.29) is 5.56 Å². The molecule has 0 fully saturated rings. The predicted molar refractivity (Wildman–Crippen MR) is 55.3 cm³/mol. The first-order valence-corrected chi connectivity index (χ1v) is 5.40. The topological polar surface area (TPSA) is 104 Å². The maximum Gasteiger partial charge on any atom is 0.341 e. The van der Waals surface area contributed by atoms with E-state index in [4.69, 9.17) is 14.4 Å². The van der Waals surface area contributed by atoms with E-state index in [0.717, 1.165) is 0 Å². The average Bonchev–Trinajstić information content (AvgIpc) is 2.26. The smallest absolute Gasteiger partial charge is 0.341 e. The van der Waals surface area contributed by atoms with Gasteiger partial charge in [-0.2, -0.15) is 0 Å². The third-order valence-electron chi connectivity index (χ3n) is 1.72. The van der Waals surface area contributed by atoms with E-state index in [1.165, 1.54) is 24.3 Å². The van der Waals surface area contributed by atoms with Crippen molar-refractivity contribution in [3.05, 3.63) is 29.8 Å². The van der Waals surface area contributed by atoms with Crippen molar-refractivity contribution in [1.82, 2.24) is 0 Å². The Morgan fingerprint density at radius 3 is 2.38 bits per heavy atom. The lowest BCUT2D eigenvalue weighted by atomic mass is 10.2. The molecule has 1 aromatic rings. The molecule has 0 aliphatic heterocycles. The van der Waals surface area contributed by atoms with Crippen molar-refractivity contribution in [1.29, 1.82) is 0 Å². The molecule has 0 saturated carbocycles. The normalized spacial score (nSPS) is 14.1. The largest absolute Gasteiger partial charge is 0.482 e. The average molecular weight is 246 g/mol. The van der Waals surface area contributed by atoms with Crippen molar-refractivity contribution in [2.24, 2.45) is 0 Å². The Balaban J connectivity index is 2.67. The number of hydrogen-bond donors (Lipinski definition) is 3. The first-order chi connectivity index (χ1) is 7.50. The summed E-state index contributed by atoms with van der Waals surface area (Å²) in [6.07, 6.45) is 0. The lowest BCUT2D eigenvalue weighted by Gasteiger charge is -2.07. The second-order valence-electron chi connectivity index (χ2n) is 2.88. The Kier molecular flexibility index (Phi) is 4.41. The number of rotatable bonds is 5. The van der Waals surface area contributed by atoms with Crippen molar-refractivity contribution in [3.63, 3.8) is 0 Å². The van der Waals surface area contributed by atoms with E-state index in [1.54, 1.807) is 0 Å². The fraction of sp³-hybridized carbons (Fsp3) is 0.222. The quantitative estimate of drug-likeness (QED) is 0.648. The third kappa shape index (κ3) is 3.61. The fourth-order valence-corrected chi connectivity index (χ4v) is 1.38. The number of aliphatic hydroxyl groups excluding tert-OH is 1. The molecular formula is C9H10O6S. The number of ether oxygens (including phenoxy) is 1. The number of carboxylic acid groups (broad SMARTS) is 1. The highest BCUT2D eigenvalue weighted by molar-refractivity contribution is 7.79. The zero-order chi connectivity index (χ0) is 12.1. The van der Waals surface area contributed by atoms with Crippen LogP contribution in [0.1, 0.15) is 11.0 Å². The van der Waals surface area contributed by atoms with Gasteiger partial charge in [0.05, 0.1) is 0 Å². The number of aliphatic carboxylic acids is 1. The molecule has 0 amide bonds. The van der Waals surface area contributed by atoms with Crippen molar-refractivity contribution in [3.8, 4) is 5.75 Å². The number of carbonyl (C=O) groups is 1. The summed E-state index contributed by atoms with van der Waals surface area (Å²) < 4.78 is 24.0. The zero-order valence-corrected chi connectivity index (χ0v) is 8.88. The van der Waals surface area contributed by atoms with Gasteiger partial charge in [0.15, 0.2) is 23.1 Å². The molecule has 0 spiro atoms. The summed E-state index contributed by atoms with van der Waals surface area (Å²) in [6, 6.07) is 5.59. The minimum atomic E-state index is -2.36. The second-order valence-corrected chi connectivity index (χ2v) is 3.88. The van der Waals surface area contributed by atoms with Gasteiger partial charge in [0.1, 0.15) is 5.75 Å². The molecular weight excluding hydrogens is 236 g/mol. The number of aliphatic hydroxyl groups is 1. The summed E-state index contributed by atoms with van der Waals surface area (Å²) in [4.78, 5) is 10.2. The van der Waals surface area contributed by atoms with Crippen LogP contribution >= 0.6 is 0 Å². The van der Waals surface area contributed by atoms with Gasteiger partial charge in [-0.05, 0) is 17.7 Å². The van der Waals surface area contributed by atoms with Crippen LogP contribution in [0.15, 0.2) is 24.3 Å². The van der Waals surface area contributed by atoms with Gasteiger partial charge in [-0.15, -0.1) is 0 Å². The highest BCUT2D eigenvalue weighted by atomic mass is 32.2. The van der Waals surface area contributed by atoms with Crippen LogP contribution in [0.4, 0.5) is 0 Å². The highest BCUT2D eigenvalue weighted by Crippen LogP contribution is 2.19. The van der Waals surface area contributed by atoms with E-state index in [1.807, 2.05) is 0 Å². The van der Waals surface area contributed by atoms with E-state index < -0.39 is 29.1 Å². The molecule has 2 atom stereocenters. The van der Waals surface area contributed by atoms with Crippen LogP contribution in [0, 0.1) is 0 Å². The van der Waals surface area contributed by atoms with Crippen LogP contribution in [0.5, 0.6) is 5.75 Å². The molecule has 0 bridgehead atoms. The highest BCUT2D eigenvalue weighted by Gasteiger charge is 2.13. The van der Waals surface area contributed by atoms with Crippen LogP contribution in [0.3, 0.4) is 0 Å². The number of carboxylic acids is 1. The first-order valence-electron chi connectivity index (χ1n) is 4.23. The Morgan fingerprint density at radius 1 is 1.38 bits per heavy atom. The molecule has 0 heterocycles. The molecule has 3 N–H and O–H groups in total.